The second kappa shape index (κ2) is 12.0. The third-order valence-corrected chi connectivity index (χ3v) is 5.65. The van der Waals surface area contributed by atoms with E-state index in [2.05, 4.69) is 25.9 Å². The molecular formula is C22H30Cl2N6O. The smallest absolute Gasteiger partial charge is 0.273 e. The summed E-state index contributed by atoms with van der Waals surface area (Å²) in [7, 11) is 0. The van der Waals surface area contributed by atoms with Crippen LogP contribution in [0.15, 0.2) is 36.5 Å². The average molecular weight is 465 g/mol. The van der Waals surface area contributed by atoms with Crippen molar-refractivity contribution in [1.29, 1.82) is 0 Å². The number of nitrogens with zero attached hydrogens (tertiary/aromatic N) is 4. The number of benzene rings is 1. The molecule has 1 aliphatic carbocycles. The first-order chi connectivity index (χ1) is 14.2. The predicted molar refractivity (Wildman–Crippen MR) is 128 cm³/mol. The zero-order valence-corrected chi connectivity index (χ0v) is 19.3. The van der Waals surface area contributed by atoms with E-state index in [9.17, 15) is 4.79 Å². The van der Waals surface area contributed by atoms with Crippen LogP contribution in [-0.4, -0.2) is 45.0 Å². The van der Waals surface area contributed by atoms with Crippen LogP contribution >= 0.6 is 24.8 Å². The molecule has 0 saturated heterocycles. The molecule has 0 spiro atoms. The Morgan fingerprint density at radius 3 is 2.58 bits per heavy atom. The minimum absolute atomic E-state index is 0. The molecule has 31 heavy (non-hydrogen) atoms. The van der Waals surface area contributed by atoms with Crippen molar-refractivity contribution in [2.75, 3.05) is 13.1 Å². The third kappa shape index (κ3) is 5.93. The van der Waals surface area contributed by atoms with Crippen LogP contribution in [0.4, 0.5) is 0 Å². The van der Waals surface area contributed by atoms with Crippen LogP contribution in [0.5, 0.6) is 0 Å². The molecule has 1 aromatic carbocycles. The van der Waals surface area contributed by atoms with Gasteiger partial charge < -0.3 is 10.6 Å². The van der Waals surface area contributed by atoms with Gasteiger partial charge in [-0.2, -0.15) is 0 Å². The first-order valence-corrected chi connectivity index (χ1v) is 10.5. The van der Waals surface area contributed by atoms with E-state index < -0.39 is 0 Å². The fourth-order valence-electron chi connectivity index (χ4n) is 4.05. The van der Waals surface area contributed by atoms with Gasteiger partial charge in [0.2, 0.25) is 0 Å². The van der Waals surface area contributed by atoms with Gasteiger partial charge in [-0.3, -0.25) is 9.78 Å². The van der Waals surface area contributed by atoms with Crippen molar-refractivity contribution in [3.63, 3.8) is 0 Å². The molecule has 1 aliphatic rings. The summed E-state index contributed by atoms with van der Waals surface area (Å²) < 4.78 is 1.69. The second-order valence-corrected chi connectivity index (χ2v) is 7.69. The number of nitrogens with one attached hydrogen (secondary N) is 2. The fourth-order valence-corrected chi connectivity index (χ4v) is 4.05. The van der Waals surface area contributed by atoms with Crippen molar-refractivity contribution >= 4 is 41.6 Å². The highest BCUT2D eigenvalue weighted by Crippen LogP contribution is 2.21. The number of halogens is 2. The van der Waals surface area contributed by atoms with Gasteiger partial charge in [-0.1, -0.05) is 49.1 Å². The van der Waals surface area contributed by atoms with Gasteiger partial charge in [-0.15, -0.1) is 29.9 Å². The van der Waals surface area contributed by atoms with Crippen LogP contribution < -0.4 is 10.6 Å². The van der Waals surface area contributed by atoms with Crippen LogP contribution in [0.25, 0.3) is 16.6 Å². The van der Waals surface area contributed by atoms with E-state index in [0.717, 1.165) is 23.1 Å². The molecule has 1 amide bonds. The summed E-state index contributed by atoms with van der Waals surface area (Å²) >= 11 is 0. The van der Waals surface area contributed by atoms with Gasteiger partial charge in [0, 0.05) is 30.7 Å². The Labute approximate surface area is 195 Å². The topological polar surface area (TPSA) is 84.7 Å². The second-order valence-electron chi connectivity index (χ2n) is 7.69. The molecule has 0 unspecified atom stereocenters. The number of fused-ring (bicyclic) bond motifs is 1. The lowest BCUT2D eigenvalue weighted by Gasteiger charge is -2.16. The van der Waals surface area contributed by atoms with Gasteiger partial charge >= 0.3 is 0 Å². The van der Waals surface area contributed by atoms with E-state index in [4.69, 9.17) is 0 Å². The lowest BCUT2D eigenvalue weighted by Crippen LogP contribution is -2.37. The molecule has 2 N–H and O–H groups in total. The summed E-state index contributed by atoms with van der Waals surface area (Å²) in [6.07, 6.45) is 9.52. The summed E-state index contributed by atoms with van der Waals surface area (Å²) in [5.74, 6) is -0.190. The molecular weight excluding hydrogens is 435 g/mol. The molecule has 1 fully saturated rings. The maximum atomic E-state index is 12.6. The van der Waals surface area contributed by atoms with Crippen molar-refractivity contribution in [2.24, 2.45) is 0 Å². The molecule has 4 rings (SSSR count). The van der Waals surface area contributed by atoms with E-state index in [0.29, 0.717) is 24.0 Å². The minimum atomic E-state index is -0.190. The van der Waals surface area contributed by atoms with Gasteiger partial charge in [0.1, 0.15) is 0 Å². The van der Waals surface area contributed by atoms with Gasteiger partial charge in [-0.25, -0.2) is 4.68 Å². The first-order valence-electron chi connectivity index (χ1n) is 10.5. The van der Waals surface area contributed by atoms with Crippen molar-refractivity contribution in [2.45, 2.75) is 51.5 Å². The van der Waals surface area contributed by atoms with E-state index in [1.165, 1.54) is 38.5 Å². The zero-order valence-electron chi connectivity index (χ0n) is 17.7. The number of pyridine rings is 1. The normalized spacial score (nSPS) is 14.4. The quantitative estimate of drug-likeness (QED) is 0.425. The minimum Gasteiger partial charge on any atom is -0.349 e. The Kier molecular flexibility index (Phi) is 9.68. The molecule has 0 radical (unpaired) electrons. The highest BCUT2D eigenvalue weighted by molar-refractivity contribution is 5.93. The zero-order chi connectivity index (χ0) is 20.1. The summed E-state index contributed by atoms with van der Waals surface area (Å²) in [5, 5.41) is 15.9. The van der Waals surface area contributed by atoms with Crippen LogP contribution in [0.2, 0.25) is 0 Å². The predicted octanol–water partition coefficient (Wildman–Crippen LogP) is 4.01. The molecule has 0 atom stereocenters. The number of hydrogen-bond donors (Lipinski definition) is 2. The SMILES string of the molecule is Cc1c(C(=O)NCCNC2CCCCCC2)nnn1-c1cccc2cccnc12.Cl.Cl. The summed E-state index contributed by atoms with van der Waals surface area (Å²) in [4.78, 5) is 17.1. The largest absolute Gasteiger partial charge is 0.349 e. The van der Waals surface area contributed by atoms with Crippen molar-refractivity contribution in [3.05, 3.63) is 47.9 Å². The maximum absolute atomic E-state index is 12.6. The third-order valence-electron chi connectivity index (χ3n) is 5.65. The lowest BCUT2D eigenvalue weighted by molar-refractivity contribution is 0.0947. The fraction of sp³-hybridized carbons (Fsp3) is 0.455. The number of rotatable bonds is 6. The van der Waals surface area contributed by atoms with Crippen LogP contribution in [0.3, 0.4) is 0 Å². The Hall–Kier alpha value is -2.22. The van der Waals surface area contributed by atoms with Gasteiger partial charge in [-0.05, 0) is 31.9 Å². The number of hydrogen-bond acceptors (Lipinski definition) is 5. The molecule has 3 aromatic rings. The van der Waals surface area contributed by atoms with E-state index in [1.54, 1.807) is 10.9 Å². The lowest BCUT2D eigenvalue weighted by atomic mass is 10.1. The standard InChI is InChI=1S/C22H28N6O.2ClH/c1-16-20(22(29)25-15-14-23-18-10-4-2-3-5-11-18)26-27-28(16)19-12-6-8-17-9-7-13-24-21(17)19;;/h6-9,12-13,18,23H,2-5,10-11,14-15H2,1H3,(H,25,29);2*1H. The Balaban J connectivity index is 0.00000171. The molecule has 2 heterocycles. The highest BCUT2D eigenvalue weighted by Gasteiger charge is 2.18. The van der Waals surface area contributed by atoms with E-state index >= 15 is 0 Å². The van der Waals surface area contributed by atoms with E-state index in [1.807, 2.05) is 37.3 Å². The average Bonchev–Trinajstić information content (AvgIpc) is 2.95. The molecule has 2 aromatic heterocycles. The monoisotopic (exact) mass is 464 g/mol. The molecule has 9 heteroatoms. The Morgan fingerprint density at radius 2 is 1.81 bits per heavy atom. The van der Waals surface area contributed by atoms with Gasteiger partial charge in [0.05, 0.1) is 16.9 Å². The van der Waals surface area contributed by atoms with Crippen LogP contribution in [-0.2, 0) is 0 Å². The van der Waals surface area contributed by atoms with Crippen molar-refractivity contribution in [1.82, 2.24) is 30.6 Å². The first kappa shape index (κ1) is 25.0. The Morgan fingerprint density at radius 1 is 1.06 bits per heavy atom. The summed E-state index contributed by atoms with van der Waals surface area (Å²) in [5.41, 5.74) is 2.72. The van der Waals surface area contributed by atoms with Crippen molar-refractivity contribution < 1.29 is 4.79 Å². The molecule has 0 bridgehead atoms. The number of carbonyl (C=O) groups is 1. The molecule has 7 nitrogen and oxygen atoms in total. The summed E-state index contributed by atoms with van der Waals surface area (Å²) in [6.45, 7) is 3.22. The molecule has 0 aliphatic heterocycles. The Bertz CT molecular complexity index is 980. The van der Waals surface area contributed by atoms with Crippen LogP contribution in [0.1, 0.15) is 54.7 Å². The van der Waals surface area contributed by atoms with Crippen molar-refractivity contribution in [3.8, 4) is 5.69 Å². The summed E-state index contributed by atoms with van der Waals surface area (Å²) in [6, 6.07) is 10.4. The molecule has 1 saturated carbocycles. The number of amides is 1. The molecule has 168 valence electrons. The number of aromatic nitrogens is 4. The van der Waals surface area contributed by atoms with Crippen LogP contribution in [0, 0.1) is 6.92 Å². The highest BCUT2D eigenvalue weighted by atomic mass is 35.5. The van der Waals surface area contributed by atoms with Gasteiger partial charge in [0.15, 0.2) is 5.69 Å². The number of para-hydroxylation sites is 1. The maximum Gasteiger partial charge on any atom is 0.273 e. The number of carbonyl (C=O) groups excluding carboxylic acids is 1. The van der Waals surface area contributed by atoms with E-state index in [-0.39, 0.29) is 30.7 Å². The van der Waals surface area contributed by atoms with Gasteiger partial charge in [0.25, 0.3) is 5.91 Å².